The molecule has 1 aliphatic heterocycles. The molecule has 1 heterocycles. The van der Waals surface area contributed by atoms with E-state index >= 15 is 0 Å². The Hall–Kier alpha value is -2.00. The second kappa shape index (κ2) is 4.53. The summed E-state index contributed by atoms with van der Waals surface area (Å²) in [7, 11) is 0. The van der Waals surface area contributed by atoms with Crippen LogP contribution < -0.4 is 5.43 Å². The smallest absolute Gasteiger partial charge is 0.238 e. The molecule has 0 fully saturated rings. The van der Waals surface area contributed by atoms with Gasteiger partial charge < -0.3 is 0 Å². The summed E-state index contributed by atoms with van der Waals surface area (Å²) < 4.78 is 0. The monoisotopic (exact) mass is 286 g/mol. The Morgan fingerprint density at radius 3 is 2.55 bits per heavy atom. The molecule has 102 valence electrons. The fraction of sp³-hybridized carbons (Fsp3) is 0.188. The van der Waals surface area contributed by atoms with Crippen LogP contribution in [0.15, 0.2) is 48.5 Å². The van der Waals surface area contributed by atoms with Crippen molar-refractivity contribution in [2.24, 2.45) is 0 Å². The molecule has 0 aliphatic carbocycles. The molecule has 3 nitrogen and oxygen atoms in total. The minimum atomic E-state index is -0.562. The van der Waals surface area contributed by atoms with Crippen molar-refractivity contribution >= 4 is 23.2 Å². The maximum atomic E-state index is 12.0. The van der Waals surface area contributed by atoms with Crippen LogP contribution in [0.3, 0.4) is 0 Å². The Morgan fingerprint density at radius 1 is 1.20 bits per heavy atom. The predicted molar refractivity (Wildman–Crippen MR) is 80.5 cm³/mol. The van der Waals surface area contributed by atoms with E-state index in [-0.39, 0.29) is 5.91 Å². The average Bonchev–Trinajstić information content (AvgIpc) is 2.74. The van der Waals surface area contributed by atoms with Crippen LogP contribution in [-0.4, -0.2) is 10.9 Å². The van der Waals surface area contributed by atoms with Gasteiger partial charge in [0, 0.05) is 17.5 Å². The van der Waals surface area contributed by atoms with Crippen molar-refractivity contribution in [2.45, 2.75) is 19.4 Å². The molecular formula is C16H15ClN2O. The number of fused-ring (bicyclic) bond motifs is 1. The third-order valence-corrected chi connectivity index (χ3v) is 4.07. The molecule has 0 radical (unpaired) electrons. The van der Waals surface area contributed by atoms with Gasteiger partial charge in [0.15, 0.2) is 0 Å². The first-order valence-corrected chi connectivity index (χ1v) is 6.84. The van der Waals surface area contributed by atoms with Crippen molar-refractivity contribution in [3.05, 3.63) is 64.7 Å². The highest BCUT2D eigenvalue weighted by Crippen LogP contribution is 2.45. The van der Waals surface area contributed by atoms with Gasteiger partial charge in [0.1, 0.15) is 5.54 Å². The molecular weight excluding hydrogens is 272 g/mol. The van der Waals surface area contributed by atoms with Gasteiger partial charge in [0.25, 0.3) is 0 Å². The van der Waals surface area contributed by atoms with Crippen LogP contribution in [0.25, 0.3) is 0 Å². The van der Waals surface area contributed by atoms with E-state index in [1.54, 1.807) is 11.9 Å². The first-order valence-electron chi connectivity index (χ1n) is 6.46. The number of nitrogens with one attached hydrogen (secondary N) is 1. The first kappa shape index (κ1) is 13.0. The second-order valence-electron chi connectivity index (χ2n) is 5.09. The van der Waals surface area contributed by atoms with E-state index in [4.69, 9.17) is 11.6 Å². The number of hydrogen-bond acceptors (Lipinski definition) is 2. The summed E-state index contributed by atoms with van der Waals surface area (Å²) in [6, 6.07) is 15.6. The lowest BCUT2D eigenvalue weighted by atomic mass is 9.84. The molecule has 1 amide bonds. The van der Waals surface area contributed by atoms with E-state index in [0.717, 1.165) is 16.8 Å². The molecule has 20 heavy (non-hydrogen) atoms. The van der Waals surface area contributed by atoms with Crippen LogP contribution in [0.4, 0.5) is 5.69 Å². The lowest BCUT2D eigenvalue weighted by molar-refractivity contribution is -0.131. The van der Waals surface area contributed by atoms with Crippen molar-refractivity contribution in [1.29, 1.82) is 0 Å². The summed E-state index contributed by atoms with van der Waals surface area (Å²) in [6.07, 6.45) is 0. The number of anilines is 1. The fourth-order valence-electron chi connectivity index (χ4n) is 2.81. The summed E-state index contributed by atoms with van der Waals surface area (Å²) in [5.41, 5.74) is 5.58. The van der Waals surface area contributed by atoms with Gasteiger partial charge in [-0.1, -0.05) is 41.9 Å². The summed E-state index contributed by atoms with van der Waals surface area (Å²) in [5.74, 6) is -0.0383. The van der Waals surface area contributed by atoms with E-state index in [2.05, 4.69) is 5.43 Å². The van der Waals surface area contributed by atoms with E-state index in [1.165, 1.54) is 0 Å². The summed E-state index contributed by atoms with van der Waals surface area (Å²) in [5, 5.41) is 2.32. The number of hydrazine groups is 1. The highest BCUT2D eigenvalue weighted by Gasteiger charge is 2.44. The first-order chi connectivity index (χ1) is 9.53. The van der Waals surface area contributed by atoms with Gasteiger partial charge in [-0.2, -0.15) is 0 Å². The van der Waals surface area contributed by atoms with Crippen molar-refractivity contribution in [3.63, 3.8) is 0 Å². The molecule has 0 saturated carbocycles. The fourth-order valence-corrected chi connectivity index (χ4v) is 2.98. The molecule has 0 bridgehead atoms. The lowest BCUT2D eigenvalue weighted by Crippen LogP contribution is -2.45. The van der Waals surface area contributed by atoms with Gasteiger partial charge in [-0.05, 0) is 30.7 Å². The van der Waals surface area contributed by atoms with Crippen LogP contribution in [0, 0.1) is 0 Å². The van der Waals surface area contributed by atoms with E-state index in [9.17, 15) is 4.79 Å². The second-order valence-corrected chi connectivity index (χ2v) is 5.53. The molecule has 3 rings (SSSR count). The zero-order chi connectivity index (χ0) is 14.3. The zero-order valence-corrected chi connectivity index (χ0v) is 12.1. The molecule has 1 aliphatic rings. The summed E-state index contributed by atoms with van der Waals surface area (Å²) >= 11 is 6.13. The number of hydrogen-bond donors (Lipinski definition) is 1. The highest BCUT2D eigenvalue weighted by molar-refractivity contribution is 6.30. The quantitative estimate of drug-likeness (QED) is 0.865. The Kier molecular flexibility index (Phi) is 2.94. The number of benzene rings is 2. The lowest BCUT2D eigenvalue weighted by Gasteiger charge is -2.34. The van der Waals surface area contributed by atoms with Gasteiger partial charge in [0.05, 0.1) is 5.69 Å². The normalized spacial score (nSPS) is 20.4. The number of rotatable bonds is 1. The van der Waals surface area contributed by atoms with Gasteiger partial charge >= 0.3 is 0 Å². The van der Waals surface area contributed by atoms with Crippen LogP contribution in [0.1, 0.15) is 25.0 Å². The molecule has 0 aromatic heterocycles. The van der Waals surface area contributed by atoms with Crippen molar-refractivity contribution in [3.8, 4) is 0 Å². The Labute approximate surface area is 123 Å². The van der Waals surface area contributed by atoms with Crippen LogP contribution >= 0.6 is 11.6 Å². The van der Waals surface area contributed by atoms with Gasteiger partial charge in [0.2, 0.25) is 5.91 Å². The van der Waals surface area contributed by atoms with Crippen molar-refractivity contribution < 1.29 is 4.79 Å². The van der Waals surface area contributed by atoms with Gasteiger partial charge in [-0.15, -0.1) is 0 Å². The van der Waals surface area contributed by atoms with Crippen LogP contribution in [-0.2, 0) is 10.3 Å². The summed E-state index contributed by atoms with van der Waals surface area (Å²) in [4.78, 5) is 12.0. The Balaban J connectivity index is 2.25. The number of halogens is 1. The van der Waals surface area contributed by atoms with E-state index in [1.807, 2.05) is 55.5 Å². The highest BCUT2D eigenvalue weighted by atomic mass is 35.5. The van der Waals surface area contributed by atoms with Gasteiger partial charge in [-0.25, -0.2) is 5.01 Å². The minimum Gasteiger partial charge on any atom is -0.295 e. The standard InChI is InChI=1S/C16H15ClN2O/c1-11(20)19-16(2,12-6-4-3-5-7-12)14-10-13(17)8-9-15(14)18-19/h3-10,18H,1-2H3. The third kappa shape index (κ3) is 1.78. The molecule has 2 aromatic rings. The summed E-state index contributed by atoms with van der Waals surface area (Å²) in [6.45, 7) is 3.58. The van der Waals surface area contributed by atoms with Crippen LogP contribution in [0.5, 0.6) is 0 Å². The average molecular weight is 287 g/mol. The molecule has 4 heteroatoms. The number of carbonyl (C=O) groups is 1. The van der Waals surface area contributed by atoms with Crippen molar-refractivity contribution in [1.82, 2.24) is 5.01 Å². The van der Waals surface area contributed by atoms with Gasteiger partial charge in [-0.3, -0.25) is 10.2 Å². The molecule has 2 aromatic carbocycles. The molecule has 1 atom stereocenters. The minimum absolute atomic E-state index is 0.0383. The predicted octanol–water partition coefficient (Wildman–Crippen LogP) is 3.79. The zero-order valence-electron chi connectivity index (χ0n) is 11.4. The maximum absolute atomic E-state index is 12.0. The van der Waals surface area contributed by atoms with E-state index in [0.29, 0.717) is 5.02 Å². The van der Waals surface area contributed by atoms with E-state index < -0.39 is 5.54 Å². The number of amides is 1. The maximum Gasteiger partial charge on any atom is 0.238 e. The molecule has 0 saturated heterocycles. The largest absolute Gasteiger partial charge is 0.295 e. The third-order valence-electron chi connectivity index (χ3n) is 3.84. The Morgan fingerprint density at radius 2 is 1.90 bits per heavy atom. The topological polar surface area (TPSA) is 32.3 Å². The SMILES string of the molecule is CC(=O)N1Nc2ccc(Cl)cc2C1(C)c1ccccc1. The number of nitrogens with zero attached hydrogens (tertiary/aromatic N) is 1. The Bertz CT molecular complexity index is 671. The van der Waals surface area contributed by atoms with Crippen LogP contribution in [0.2, 0.25) is 5.02 Å². The molecule has 1 unspecified atom stereocenters. The molecule has 0 spiro atoms. The number of carbonyl (C=O) groups excluding carboxylic acids is 1. The van der Waals surface area contributed by atoms with Crippen molar-refractivity contribution in [2.75, 3.05) is 5.43 Å². The molecule has 1 N–H and O–H groups in total.